The van der Waals surface area contributed by atoms with Crippen molar-refractivity contribution in [2.75, 3.05) is 0 Å². The molecule has 20 heavy (non-hydrogen) atoms. The summed E-state index contributed by atoms with van der Waals surface area (Å²) in [6.07, 6.45) is 4.25. The minimum absolute atomic E-state index is 0.0884. The highest BCUT2D eigenvalue weighted by atomic mass is 35.5. The van der Waals surface area contributed by atoms with E-state index in [2.05, 4.69) is 10.5 Å². The average molecular weight is 301 g/mol. The molecule has 0 aliphatic rings. The Balaban J connectivity index is 2.38. The SMILES string of the molecule is CCCn1cc(C(NN)c2cc(F)c(Cl)cc2F)cn1. The number of hydrogen-bond acceptors (Lipinski definition) is 3. The van der Waals surface area contributed by atoms with Gasteiger partial charge >= 0.3 is 0 Å². The van der Waals surface area contributed by atoms with E-state index in [1.54, 1.807) is 17.1 Å². The summed E-state index contributed by atoms with van der Waals surface area (Å²) >= 11 is 5.54. The number of nitrogens with two attached hydrogens (primary N) is 1. The fraction of sp³-hybridized carbons (Fsp3) is 0.308. The summed E-state index contributed by atoms with van der Waals surface area (Å²) in [6.45, 7) is 2.77. The molecule has 0 fully saturated rings. The Kier molecular flexibility index (Phi) is 4.69. The number of hydrazine groups is 1. The van der Waals surface area contributed by atoms with Crippen LogP contribution in [0, 0.1) is 11.6 Å². The van der Waals surface area contributed by atoms with E-state index in [0.29, 0.717) is 5.56 Å². The minimum Gasteiger partial charge on any atom is -0.272 e. The summed E-state index contributed by atoms with van der Waals surface area (Å²) in [4.78, 5) is 0. The van der Waals surface area contributed by atoms with E-state index in [1.165, 1.54) is 0 Å². The van der Waals surface area contributed by atoms with Crippen LogP contribution in [0.5, 0.6) is 0 Å². The zero-order valence-electron chi connectivity index (χ0n) is 10.9. The molecule has 0 amide bonds. The third-order valence-corrected chi connectivity index (χ3v) is 3.25. The van der Waals surface area contributed by atoms with Crippen LogP contribution in [0.25, 0.3) is 0 Å². The average Bonchev–Trinajstić information content (AvgIpc) is 2.85. The van der Waals surface area contributed by atoms with E-state index in [-0.39, 0.29) is 10.6 Å². The van der Waals surface area contributed by atoms with E-state index in [1.807, 2.05) is 6.92 Å². The number of halogens is 3. The molecule has 1 atom stereocenters. The Hall–Kier alpha value is -1.50. The van der Waals surface area contributed by atoms with Crippen LogP contribution in [-0.2, 0) is 6.54 Å². The number of benzene rings is 1. The predicted molar refractivity (Wildman–Crippen MR) is 73.1 cm³/mol. The number of aromatic nitrogens is 2. The number of aryl methyl sites for hydroxylation is 1. The van der Waals surface area contributed by atoms with E-state index in [0.717, 1.165) is 25.1 Å². The maximum absolute atomic E-state index is 13.9. The van der Waals surface area contributed by atoms with E-state index in [9.17, 15) is 8.78 Å². The van der Waals surface area contributed by atoms with Crippen molar-refractivity contribution in [2.45, 2.75) is 25.9 Å². The fourth-order valence-electron chi connectivity index (χ4n) is 2.00. The highest BCUT2D eigenvalue weighted by Gasteiger charge is 2.20. The van der Waals surface area contributed by atoms with Crippen LogP contribution < -0.4 is 11.3 Å². The van der Waals surface area contributed by atoms with Crippen LogP contribution in [-0.4, -0.2) is 9.78 Å². The maximum Gasteiger partial charge on any atom is 0.142 e. The summed E-state index contributed by atoms with van der Waals surface area (Å²) in [6, 6.07) is 1.29. The van der Waals surface area contributed by atoms with Crippen LogP contribution in [0.1, 0.15) is 30.5 Å². The molecule has 2 rings (SSSR count). The van der Waals surface area contributed by atoms with Crippen molar-refractivity contribution in [3.05, 3.63) is 52.3 Å². The first-order valence-electron chi connectivity index (χ1n) is 6.19. The number of nitrogens with zero attached hydrogens (tertiary/aromatic N) is 2. The van der Waals surface area contributed by atoms with Crippen LogP contribution in [0.3, 0.4) is 0 Å². The molecular formula is C13H15ClF2N4. The number of nitrogens with one attached hydrogen (secondary N) is 1. The lowest BCUT2D eigenvalue weighted by atomic mass is 10.0. The molecule has 4 nitrogen and oxygen atoms in total. The van der Waals surface area contributed by atoms with Gasteiger partial charge in [-0.25, -0.2) is 14.2 Å². The number of hydrogen-bond donors (Lipinski definition) is 2. The summed E-state index contributed by atoms with van der Waals surface area (Å²) in [5.74, 6) is 4.15. The summed E-state index contributed by atoms with van der Waals surface area (Å²) in [7, 11) is 0. The Morgan fingerprint density at radius 1 is 1.40 bits per heavy atom. The van der Waals surface area contributed by atoms with E-state index >= 15 is 0 Å². The van der Waals surface area contributed by atoms with Crippen molar-refractivity contribution in [1.29, 1.82) is 0 Å². The zero-order chi connectivity index (χ0) is 14.7. The van der Waals surface area contributed by atoms with Gasteiger partial charge in [0.1, 0.15) is 11.6 Å². The minimum atomic E-state index is -0.690. The van der Waals surface area contributed by atoms with Crippen LogP contribution in [0.2, 0.25) is 5.02 Å². The van der Waals surface area contributed by atoms with Crippen molar-refractivity contribution in [1.82, 2.24) is 15.2 Å². The summed E-state index contributed by atoms with van der Waals surface area (Å²) in [5.41, 5.74) is 3.22. The Morgan fingerprint density at radius 3 is 2.80 bits per heavy atom. The van der Waals surface area contributed by atoms with Crippen molar-refractivity contribution >= 4 is 11.6 Å². The molecule has 0 radical (unpaired) electrons. The molecule has 108 valence electrons. The van der Waals surface area contributed by atoms with Crippen LogP contribution in [0.4, 0.5) is 8.78 Å². The van der Waals surface area contributed by atoms with Crippen LogP contribution in [0.15, 0.2) is 24.5 Å². The van der Waals surface area contributed by atoms with Crippen molar-refractivity contribution in [3.63, 3.8) is 0 Å². The molecule has 2 aromatic rings. The lowest BCUT2D eigenvalue weighted by molar-refractivity contribution is 0.544. The van der Waals surface area contributed by atoms with Gasteiger partial charge in [0.2, 0.25) is 0 Å². The van der Waals surface area contributed by atoms with Crippen LogP contribution >= 0.6 is 11.6 Å². The topological polar surface area (TPSA) is 55.9 Å². The van der Waals surface area contributed by atoms with Crippen molar-refractivity contribution < 1.29 is 8.78 Å². The lowest BCUT2D eigenvalue weighted by Gasteiger charge is -2.16. The van der Waals surface area contributed by atoms with Gasteiger partial charge in [-0.2, -0.15) is 5.10 Å². The smallest absolute Gasteiger partial charge is 0.142 e. The van der Waals surface area contributed by atoms with Crippen molar-refractivity contribution in [3.8, 4) is 0 Å². The van der Waals surface area contributed by atoms with E-state index < -0.39 is 17.7 Å². The standard InChI is InChI=1S/C13H15ClF2N4/c1-2-3-20-7-8(6-18-20)13(19-17)9-4-12(16)10(14)5-11(9)15/h4-7,13,19H,2-3,17H2,1H3. The second kappa shape index (κ2) is 6.30. The fourth-order valence-corrected chi connectivity index (χ4v) is 2.16. The Labute approximate surface area is 120 Å². The molecule has 0 saturated heterocycles. The first-order valence-corrected chi connectivity index (χ1v) is 6.57. The van der Waals surface area contributed by atoms with Gasteiger partial charge in [-0.05, 0) is 18.6 Å². The molecule has 1 heterocycles. The molecule has 7 heteroatoms. The number of rotatable bonds is 5. The Bertz CT molecular complexity index is 600. The predicted octanol–water partition coefficient (Wildman–Crippen LogP) is 2.78. The van der Waals surface area contributed by atoms with Gasteiger partial charge in [0.15, 0.2) is 0 Å². The molecule has 0 bridgehead atoms. The second-order valence-electron chi connectivity index (χ2n) is 4.42. The van der Waals surface area contributed by atoms with Gasteiger partial charge in [0, 0.05) is 23.9 Å². The van der Waals surface area contributed by atoms with E-state index in [4.69, 9.17) is 17.4 Å². The highest BCUT2D eigenvalue weighted by Crippen LogP contribution is 2.27. The highest BCUT2D eigenvalue weighted by molar-refractivity contribution is 6.30. The molecular weight excluding hydrogens is 286 g/mol. The maximum atomic E-state index is 13.9. The van der Waals surface area contributed by atoms with Gasteiger partial charge in [-0.15, -0.1) is 0 Å². The van der Waals surface area contributed by atoms with Crippen molar-refractivity contribution in [2.24, 2.45) is 5.84 Å². The molecule has 0 aliphatic carbocycles. The third-order valence-electron chi connectivity index (χ3n) is 2.96. The van der Waals surface area contributed by atoms with Gasteiger partial charge < -0.3 is 0 Å². The van der Waals surface area contributed by atoms with Gasteiger partial charge in [0.05, 0.1) is 17.3 Å². The van der Waals surface area contributed by atoms with Gasteiger partial charge in [-0.1, -0.05) is 18.5 Å². The quantitative estimate of drug-likeness (QED) is 0.507. The molecule has 3 N–H and O–H groups in total. The zero-order valence-corrected chi connectivity index (χ0v) is 11.7. The monoisotopic (exact) mass is 300 g/mol. The molecule has 1 unspecified atom stereocenters. The molecule has 1 aromatic heterocycles. The summed E-state index contributed by atoms with van der Waals surface area (Å²) < 4.78 is 29.2. The third kappa shape index (κ3) is 2.98. The van der Waals surface area contributed by atoms with Gasteiger partial charge in [-0.3, -0.25) is 10.5 Å². The largest absolute Gasteiger partial charge is 0.272 e. The molecule has 1 aromatic carbocycles. The first-order chi connectivity index (χ1) is 9.56. The molecule has 0 saturated carbocycles. The first kappa shape index (κ1) is 14.9. The Morgan fingerprint density at radius 2 is 2.15 bits per heavy atom. The lowest BCUT2D eigenvalue weighted by Crippen LogP contribution is -2.29. The molecule has 0 aliphatic heterocycles. The summed E-state index contributed by atoms with van der Waals surface area (Å²) in [5, 5.41) is 3.89. The van der Waals surface area contributed by atoms with Gasteiger partial charge in [0.25, 0.3) is 0 Å². The second-order valence-corrected chi connectivity index (χ2v) is 4.83. The molecule has 0 spiro atoms. The normalized spacial score (nSPS) is 12.7.